The lowest BCUT2D eigenvalue weighted by Crippen LogP contribution is -2.49. The van der Waals surface area contributed by atoms with Crippen molar-refractivity contribution < 1.29 is 22.7 Å². The summed E-state index contributed by atoms with van der Waals surface area (Å²) in [6.45, 7) is 7.65. The Labute approximate surface area is 167 Å². The zero-order valence-electron chi connectivity index (χ0n) is 16.5. The Morgan fingerprint density at radius 2 is 1.69 bits per heavy atom. The molecule has 0 atom stereocenters. The van der Waals surface area contributed by atoms with Gasteiger partial charge in [-0.25, -0.2) is 4.98 Å². The zero-order chi connectivity index (χ0) is 21.2. The van der Waals surface area contributed by atoms with E-state index in [1.54, 1.807) is 17.9 Å². The Kier molecular flexibility index (Phi) is 5.95. The average molecular weight is 408 g/mol. The summed E-state index contributed by atoms with van der Waals surface area (Å²) < 4.78 is 43.7. The second-order valence-electron chi connectivity index (χ2n) is 7.13. The van der Waals surface area contributed by atoms with Gasteiger partial charge < -0.3 is 14.5 Å². The Balaban J connectivity index is 1.64. The number of piperazine rings is 1. The number of alkyl halides is 3. The second-order valence-corrected chi connectivity index (χ2v) is 7.13. The number of hydrogen-bond donors (Lipinski definition) is 0. The number of halogens is 3. The maximum Gasteiger partial charge on any atom is 0.416 e. The van der Waals surface area contributed by atoms with Crippen LogP contribution >= 0.6 is 0 Å². The van der Waals surface area contributed by atoms with Crippen LogP contribution in [0.5, 0.6) is 5.88 Å². The van der Waals surface area contributed by atoms with Crippen molar-refractivity contribution in [2.24, 2.45) is 0 Å². The predicted octanol–water partition coefficient (Wildman–Crippen LogP) is 3.55. The summed E-state index contributed by atoms with van der Waals surface area (Å²) in [6, 6.07) is 6.09. The molecule has 1 aliphatic heterocycles. The van der Waals surface area contributed by atoms with Gasteiger partial charge in [-0.3, -0.25) is 4.79 Å². The minimum Gasteiger partial charge on any atom is -0.475 e. The lowest BCUT2D eigenvalue weighted by Gasteiger charge is -2.35. The maximum atomic E-state index is 12.7. The third-order valence-corrected chi connectivity index (χ3v) is 4.51. The van der Waals surface area contributed by atoms with Crippen molar-refractivity contribution in [1.82, 2.24) is 14.9 Å². The average Bonchev–Trinajstić information content (AvgIpc) is 2.66. The number of ether oxygens (including phenoxy) is 1. The van der Waals surface area contributed by atoms with E-state index in [1.807, 2.05) is 18.7 Å². The molecule has 1 saturated heterocycles. The van der Waals surface area contributed by atoms with E-state index < -0.39 is 11.7 Å². The zero-order valence-corrected chi connectivity index (χ0v) is 16.5. The molecule has 0 saturated carbocycles. The summed E-state index contributed by atoms with van der Waals surface area (Å²) >= 11 is 0. The third kappa shape index (κ3) is 5.16. The van der Waals surface area contributed by atoms with Crippen LogP contribution in [0.15, 0.2) is 30.3 Å². The van der Waals surface area contributed by atoms with Gasteiger partial charge in [0.05, 0.1) is 11.7 Å². The van der Waals surface area contributed by atoms with Crippen LogP contribution in [0.4, 0.5) is 19.0 Å². The number of hydrogen-bond acceptors (Lipinski definition) is 5. The molecule has 0 N–H and O–H groups in total. The first-order chi connectivity index (χ1) is 13.6. The van der Waals surface area contributed by atoms with E-state index >= 15 is 0 Å². The summed E-state index contributed by atoms with van der Waals surface area (Å²) in [4.78, 5) is 25.0. The molecule has 0 aliphatic carbocycles. The summed E-state index contributed by atoms with van der Waals surface area (Å²) in [6.07, 6.45) is -4.42. The minimum absolute atomic E-state index is 0.00430. The Hall–Kier alpha value is -2.84. The molecule has 2 heterocycles. The van der Waals surface area contributed by atoms with E-state index in [4.69, 9.17) is 4.74 Å². The summed E-state index contributed by atoms with van der Waals surface area (Å²) in [5.74, 6) is 1.56. The number of aryl methyl sites for hydroxylation is 1. The van der Waals surface area contributed by atoms with Crippen LogP contribution in [-0.4, -0.2) is 53.1 Å². The molecule has 156 valence electrons. The van der Waals surface area contributed by atoms with Gasteiger partial charge in [0.1, 0.15) is 11.6 Å². The van der Waals surface area contributed by atoms with Crippen molar-refractivity contribution in [1.29, 1.82) is 0 Å². The number of anilines is 1. The molecule has 9 heteroatoms. The normalized spacial score (nSPS) is 15.0. The van der Waals surface area contributed by atoms with Crippen molar-refractivity contribution >= 4 is 11.7 Å². The quantitative estimate of drug-likeness (QED) is 0.774. The Bertz CT molecular complexity index is 861. The van der Waals surface area contributed by atoms with Crippen LogP contribution in [0.25, 0.3) is 0 Å². The van der Waals surface area contributed by atoms with Crippen molar-refractivity contribution in [2.75, 3.05) is 31.1 Å². The smallest absolute Gasteiger partial charge is 0.416 e. The van der Waals surface area contributed by atoms with Gasteiger partial charge in [-0.05, 0) is 45.0 Å². The lowest BCUT2D eigenvalue weighted by molar-refractivity contribution is -0.137. The van der Waals surface area contributed by atoms with Crippen molar-refractivity contribution in [3.05, 3.63) is 47.3 Å². The summed E-state index contributed by atoms with van der Waals surface area (Å²) in [5, 5.41) is 0. The number of nitrogens with zero attached hydrogens (tertiary/aromatic N) is 4. The van der Waals surface area contributed by atoms with Gasteiger partial charge in [0, 0.05) is 37.8 Å². The van der Waals surface area contributed by atoms with E-state index in [1.165, 1.54) is 12.1 Å². The Morgan fingerprint density at radius 1 is 1.07 bits per heavy atom. The molecule has 0 unspecified atom stereocenters. The highest BCUT2D eigenvalue weighted by Crippen LogP contribution is 2.29. The van der Waals surface area contributed by atoms with E-state index in [-0.39, 0.29) is 17.6 Å². The van der Waals surface area contributed by atoms with Crippen LogP contribution in [0.1, 0.15) is 35.6 Å². The van der Waals surface area contributed by atoms with Crippen LogP contribution < -0.4 is 9.64 Å². The number of amides is 1. The monoisotopic (exact) mass is 408 g/mol. The molecule has 1 aliphatic rings. The fourth-order valence-corrected chi connectivity index (χ4v) is 3.11. The predicted molar refractivity (Wildman–Crippen MR) is 102 cm³/mol. The Morgan fingerprint density at radius 3 is 2.24 bits per heavy atom. The van der Waals surface area contributed by atoms with E-state index in [2.05, 4.69) is 9.97 Å². The highest BCUT2D eigenvalue weighted by atomic mass is 19.4. The molecule has 1 aromatic carbocycles. The topological polar surface area (TPSA) is 58.6 Å². The molecule has 1 fully saturated rings. The second kappa shape index (κ2) is 8.26. The van der Waals surface area contributed by atoms with Crippen molar-refractivity contribution in [3.63, 3.8) is 0 Å². The molecule has 1 amide bonds. The molecular weight excluding hydrogens is 385 g/mol. The van der Waals surface area contributed by atoms with Gasteiger partial charge in [0.25, 0.3) is 5.91 Å². The third-order valence-electron chi connectivity index (χ3n) is 4.51. The molecule has 2 aromatic rings. The molecule has 3 rings (SSSR count). The number of aromatic nitrogens is 2. The SMILES string of the molecule is Cc1nc(OC(C)C)cc(N2CCN(C(=O)c3ccc(C(F)(F)F)cc3)CC2)n1. The van der Waals surface area contributed by atoms with Crippen LogP contribution in [-0.2, 0) is 6.18 Å². The van der Waals surface area contributed by atoms with Crippen LogP contribution in [0.3, 0.4) is 0 Å². The molecular formula is C20H23F3N4O2. The highest BCUT2D eigenvalue weighted by Gasteiger charge is 2.31. The molecule has 6 nitrogen and oxygen atoms in total. The first kappa shape index (κ1) is 20.9. The maximum absolute atomic E-state index is 12.7. The van der Waals surface area contributed by atoms with Gasteiger partial charge in [-0.2, -0.15) is 18.2 Å². The van der Waals surface area contributed by atoms with Crippen molar-refractivity contribution in [3.8, 4) is 5.88 Å². The largest absolute Gasteiger partial charge is 0.475 e. The van der Waals surface area contributed by atoms with Crippen LogP contribution in [0.2, 0.25) is 0 Å². The van der Waals surface area contributed by atoms with E-state index in [9.17, 15) is 18.0 Å². The first-order valence-electron chi connectivity index (χ1n) is 9.37. The highest BCUT2D eigenvalue weighted by molar-refractivity contribution is 5.94. The summed E-state index contributed by atoms with van der Waals surface area (Å²) in [5.41, 5.74) is -0.519. The van der Waals surface area contributed by atoms with Gasteiger partial charge >= 0.3 is 6.18 Å². The molecule has 1 aromatic heterocycles. The summed E-state index contributed by atoms with van der Waals surface area (Å²) in [7, 11) is 0. The molecule has 0 bridgehead atoms. The van der Waals surface area contributed by atoms with Gasteiger partial charge in [0.2, 0.25) is 5.88 Å². The van der Waals surface area contributed by atoms with E-state index in [0.29, 0.717) is 37.9 Å². The van der Waals surface area contributed by atoms with Crippen LogP contribution in [0, 0.1) is 6.92 Å². The van der Waals surface area contributed by atoms with Gasteiger partial charge in [-0.15, -0.1) is 0 Å². The first-order valence-corrected chi connectivity index (χ1v) is 9.37. The molecule has 29 heavy (non-hydrogen) atoms. The number of benzene rings is 1. The molecule has 0 spiro atoms. The lowest BCUT2D eigenvalue weighted by atomic mass is 10.1. The van der Waals surface area contributed by atoms with Gasteiger partial charge in [-0.1, -0.05) is 0 Å². The minimum atomic E-state index is -4.42. The number of carbonyl (C=O) groups is 1. The standard InChI is InChI=1S/C20H23F3N4O2/c1-13(2)29-18-12-17(24-14(3)25-18)26-8-10-27(11-9-26)19(28)15-4-6-16(7-5-15)20(21,22)23/h4-7,12-13H,8-11H2,1-3H3. The van der Waals surface area contributed by atoms with E-state index in [0.717, 1.165) is 18.0 Å². The number of carbonyl (C=O) groups excluding carboxylic acids is 1. The molecule has 0 radical (unpaired) electrons. The number of rotatable bonds is 4. The fourth-order valence-electron chi connectivity index (χ4n) is 3.11. The van der Waals surface area contributed by atoms with Crippen molar-refractivity contribution in [2.45, 2.75) is 33.1 Å². The van der Waals surface area contributed by atoms with Gasteiger partial charge in [0.15, 0.2) is 0 Å². The fraction of sp³-hybridized carbons (Fsp3) is 0.450.